The number of aromatic nitrogens is 3. The zero-order valence-electron chi connectivity index (χ0n) is 16.1. The molecule has 3 heterocycles. The molecule has 0 saturated heterocycles. The largest absolute Gasteiger partial charge is 0.497 e. The van der Waals surface area contributed by atoms with Crippen molar-refractivity contribution >= 4 is 5.69 Å². The number of methoxy groups -OCH3 is 2. The summed E-state index contributed by atoms with van der Waals surface area (Å²) >= 11 is 0. The van der Waals surface area contributed by atoms with Gasteiger partial charge in [0, 0.05) is 18.7 Å². The number of hydrogen-bond donors (Lipinski definition) is 2. The Balaban J connectivity index is 1.79. The van der Waals surface area contributed by atoms with Crippen molar-refractivity contribution in [2.45, 2.75) is 6.42 Å². The van der Waals surface area contributed by atoms with Gasteiger partial charge in [0.1, 0.15) is 29.2 Å². The quantitative estimate of drug-likeness (QED) is 0.509. The number of rotatable bonds is 2. The second-order valence-corrected chi connectivity index (χ2v) is 6.30. The van der Waals surface area contributed by atoms with Crippen molar-refractivity contribution in [3.63, 3.8) is 0 Å². The predicted octanol–water partition coefficient (Wildman–Crippen LogP) is 1.72. The Morgan fingerprint density at radius 1 is 1.03 bits per heavy atom. The number of imidazole rings is 1. The molecule has 0 saturated carbocycles. The third-order valence-electron chi connectivity index (χ3n) is 4.70. The summed E-state index contributed by atoms with van der Waals surface area (Å²) in [6.07, 6.45) is 5.33. The van der Waals surface area contributed by atoms with E-state index >= 15 is 0 Å². The van der Waals surface area contributed by atoms with Gasteiger partial charge in [0.05, 0.1) is 43.2 Å². The Morgan fingerprint density at radius 2 is 1.83 bits per heavy atom. The van der Waals surface area contributed by atoms with Gasteiger partial charge >= 0.3 is 0 Å². The standard InChI is InChI=1S/C21H20N6O2/c1-28-16-6-8-19-21(10-16)27(23)15(11-22)9-20-18(25-13-26(19)20)7-4-14-3-5-17(29-2)12-24-14/h3,5-6,8,10-13H,9,22-23H2,1-2H3/b15-11-. The molecule has 1 aliphatic heterocycles. The zero-order valence-corrected chi connectivity index (χ0v) is 16.1. The van der Waals surface area contributed by atoms with Crippen molar-refractivity contribution in [1.29, 1.82) is 0 Å². The number of allylic oxidation sites excluding steroid dienone is 1. The number of hydrogen-bond acceptors (Lipinski definition) is 7. The van der Waals surface area contributed by atoms with Crippen molar-refractivity contribution in [1.82, 2.24) is 14.5 Å². The number of anilines is 1. The molecule has 2 aromatic heterocycles. The summed E-state index contributed by atoms with van der Waals surface area (Å²) in [6.45, 7) is 0. The molecule has 0 radical (unpaired) electrons. The molecule has 1 aromatic carbocycles. The molecule has 4 rings (SSSR count). The molecule has 0 bridgehead atoms. The monoisotopic (exact) mass is 388 g/mol. The second-order valence-electron chi connectivity index (χ2n) is 6.30. The van der Waals surface area contributed by atoms with E-state index in [0.717, 1.165) is 22.8 Å². The average molecular weight is 388 g/mol. The van der Waals surface area contributed by atoms with E-state index in [4.69, 9.17) is 21.1 Å². The topological polar surface area (TPSA) is 104 Å². The summed E-state index contributed by atoms with van der Waals surface area (Å²) in [4.78, 5) is 8.77. The third kappa shape index (κ3) is 3.35. The molecule has 29 heavy (non-hydrogen) atoms. The Morgan fingerprint density at radius 3 is 2.52 bits per heavy atom. The Kier molecular flexibility index (Phi) is 4.81. The highest BCUT2D eigenvalue weighted by atomic mass is 16.5. The Bertz CT molecular complexity index is 1140. The van der Waals surface area contributed by atoms with Gasteiger partial charge in [0.2, 0.25) is 0 Å². The molecule has 8 heteroatoms. The van der Waals surface area contributed by atoms with Crippen molar-refractivity contribution < 1.29 is 9.47 Å². The maximum atomic E-state index is 6.34. The van der Waals surface area contributed by atoms with Crippen LogP contribution < -0.4 is 26.1 Å². The minimum absolute atomic E-state index is 0.476. The second kappa shape index (κ2) is 7.58. The van der Waals surface area contributed by atoms with Crippen LogP contribution in [-0.2, 0) is 6.42 Å². The van der Waals surface area contributed by atoms with Crippen LogP contribution in [0.15, 0.2) is 54.8 Å². The van der Waals surface area contributed by atoms with Crippen molar-refractivity contribution in [3.05, 3.63) is 71.8 Å². The van der Waals surface area contributed by atoms with Crippen LogP contribution >= 0.6 is 0 Å². The molecule has 0 amide bonds. The number of nitrogens with zero attached hydrogens (tertiary/aromatic N) is 4. The lowest BCUT2D eigenvalue weighted by molar-refractivity contribution is 0.413. The van der Waals surface area contributed by atoms with Gasteiger partial charge in [-0.25, -0.2) is 15.8 Å². The summed E-state index contributed by atoms with van der Waals surface area (Å²) < 4.78 is 12.4. The molecule has 0 spiro atoms. The molecule has 0 aliphatic carbocycles. The summed E-state index contributed by atoms with van der Waals surface area (Å²) in [5.74, 6) is 13.9. The Hall–Kier alpha value is -3.96. The van der Waals surface area contributed by atoms with Crippen LogP contribution in [0, 0.1) is 11.8 Å². The SMILES string of the molecule is COc1ccc(C#Cc2ncn3c2C/C(=C/N)N(N)c2cc(OC)ccc2-3)nc1. The lowest BCUT2D eigenvalue weighted by atomic mass is 10.2. The van der Waals surface area contributed by atoms with Crippen LogP contribution in [0.5, 0.6) is 11.5 Å². The van der Waals surface area contributed by atoms with Gasteiger partial charge in [-0.15, -0.1) is 0 Å². The molecule has 3 aromatic rings. The first-order valence-electron chi connectivity index (χ1n) is 8.87. The van der Waals surface area contributed by atoms with E-state index in [-0.39, 0.29) is 0 Å². The minimum atomic E-state index is 0.476. The van der Waals surface area contributed by atoms with Gasteiger partial charge in [-0.1, -0.05) is 0 Å². The summed E-state index contributed by atoms with van der Waals surface area (Å²) in [6, 6.07) is 9.28. The third-order valence-corrected chi connectivity index (χ3v) is 4.70. The molecular weight excluding hydrogens is 368 g/mol. The van der Waals surface area contributed by atoms with E-state index in [0.29, 0.717) is 29.3 Å². The van der Waals surface area contributed by atoms with Crippen LogP contribution in [0.2, 0.25) is 0 Å². The smallest absolute Gasteiger partial charge is 0.137 e. The van der Waals surface area contributed by atoms with Crippen LogP contribution in [-0.4, -0.2) is 28.8 Å². The normalized spacial score (nSPS) is 13.8. The molecule has 1 aliphatic rings. The first kappa shape index (κ1) is 18.4. The van der Waals surface area contributed by atoms with Gasteiger partial charge in [-0.3, -0.25) is 9.58 Å². The number of hydrazine groups is 1. The molecule has 0 atom stereocenters. The highest BCUT2D eigenvalue weighted by molar-refractivity contribution is 5.70. The minimum Gasteiger partial charge on any atom is -0.497 e. The van der Waals surface area contributed by atoms with Crippen LogP contribution in [0.25, 0.3) is 5.69 Å². The number of pyridine rings is 1. The van der Waals surface area contributed by atoms with Crippen molar-refractivity contribution in [2.24, 2.45) is 11.6 Å². The number of nitrogens with two attached hydrogens (primary N) is 2. The molecule has 0 fully saturated rings. The molecule has 8 nitrogen and oxygen atoms in total. The maximum Gasteiger partial charge on any atom is 0.137 e. The highest BCUT2D eigenvalue weighted by Crippen LogP contribution is 2.34. The Labute approximate surface area is 168 Å². The van der Waals surface area contributed by atoms with E-state index in [2.05, 4.69) is 21.8 Å². The number of benzene rings is 1. The fourth-order valence-corrected chi connectivity index (χ4v) is 3.13. The summed E-state index contributed by atoms with van der Waals surface area (Å²) in [5.41, 5.74) is 10.4. The predicted molar refractivity (Wildman–Crippen MR) is 110 cm³/mol. The molecule has 4 N–H and O–H groups in total. The van der Waals surface area contributed by atoms with Gasteiger partial charge in [0.15, 0.2) is 0 Å². The van der Waals surface area contributed by atoms with Crippen molar-refractivity contribution in [3.8, 4) is 29.0 Å². The molecular formula is C21H20N6O2. The lowest BCUT2D eigenvalue weighted by Crippen LogP contribution is -2.31. The highest BCUT2D eigenvalue weighted by Gasteiger charge is 2.24. The lowest BCUT2D eigenvalue weighted by Gasteiger charge is -2.21. The number of fused-ring (bicyclic) bond motifs is 3. The fourth-order valence-electron chi connectivity index (χ4n) is 3.13. The van der Waals surface area contributed by atoms with Crippen LogP contribution in [0.1, 0.15) is 17.1 Å². The van der Waals surface area contributed by atoms with E-state index < -0.39 is 0 Å². The summed E-state index contributed by atoms with van der Waals surface area (Å²) in [7, 11) is 3.21. The fraction of sp³-hybridized carbons (Fsp3) is 0.143. The van der Waals surface area contributed by atoms with Gasteiger partial charge in [-0.2, -0.15) is 0 Å². The maximum absolute atomic E-state index is 6.34. The van der Waals surface area contributed by atoms with Crippen LogP contribution in [0.4, 0.5) is 5.69 Å². The average Bonchev–Trinajstić information content (AvgIpc) is 3.12. The molecule has 146 valence electrons. The van der Waals surface area contributed by atoms with Crippen molar-refractivity contribution in [2.75, 3.05) is 19.2 Å². The molecule has 0 unspecified atom stereocenters. The first-order chi connectivity index (χ1) is 14.1. The van der Waals surface area contributed by atoms with Crippen LogP contribution in [0.3, 0.4) is 0 Å². The zero-order chi connectivity index (χ0) is 20.4. The van der Waals surface area contributed by atoms with Gasteiger partial charge < -0.3 is 15.2 Å². The van der Waals surface area contributed by atoms with E-state index in [1.807, 2.05) is 28.8 Å². The summed E-state index contributed by atoms with van der Waals surface area (Å²) in [5, 5.41) is 1.56. The van der Waals surface area contributed by atoms with Gasteiger partial charge in [0.25, 0.3) is 0 Å². The first-order valence-corrected chi connectivity index (χ1v) is 8.87. The number of ether oxygens (including phenoxy) is 2. The van der Waals surface area contributed by atoms with E-state index in [1.165, 1.54) is 6.20 Å². The van der Waals surface area contributed by atoms with E-state index in [9.17, 15) is 0 Å². The van der Waals surface area contributed by atoms with E-state index in [1.54, 1.807) is 37.8 Å². The van der Waals surface area contributed by atoms with Gasteiger partial charge in [-0.05, 0) is 36.1 Å².